The molecule has 0 saturated heterocycles. The second-order valence-corrected chi connectivity index (χ2v) is 5.24. The average Bonchev–Trinajstić information content (AvgIpc) is 2.15. The molecule has 3 heteroatoms. The topological polar surface area (TPSA) is 9.23 Å². The monoisotopic (exact) mass is 324 g/mol. The lowest BCUT2D eigenvalue weighted by Crippen LogP contribution is -2.00. The summed E-state index contributed by atoms with van der Waals surface area (Å²) in [6, 6.07) is 8.35. The molecular weight excluding hydrogens is 310 g/mol. The van der Waals surface area contributed by atoms with Gasteiger partial charge in [-0.25, -0.2) is 0 Å². The van der Waals surface area contributed by atoms with Crippen LogP contribution in [0.25, 0.3) is 0 Å². The Labute approximate surface area is 104 Å². The summed E-state index contributed by atoms with van der Waals surface area (Å²) in [5.41, 5.74) is 1.22. The van der Waals surface area contributed by atoms with E-state index in [1.54, 1.807) is 0 Å². The average molecular weight is 325 g/mol. The minimum atomic E-state index is 0.201. The van der Waals surface area contributed by atoms with Gasteiger partial charge < -0.3 is 4.74 Å². The van der Waals surface area contributed by atoms with E-state index < -0.39 is 0 Å². The van der Waals surface area contributed by atoms with E-state index in [0.717, 1.165) is 13.0 Å². The van der Waals surface area contributed by atoms with Crippen LogP contribution in [0, 0.1) is 3.57 Å². The first-order valence-corrected chi connectivity index (χ1v) is 6.16. The van der Waals surface area contributed by atoms with Gasteiger partial charge in [-0.3, -0.25) is 0 Å². The van der Waals surface area contributed by atoms with Gasteiger partial charge in [-0.1, -0.05) is 12.1 Å². The Kier molecular flexibility index (Phi) is 5.82. The van der Waals surface area contributed by atoms with Crippen LogP contribution in [0.15, 0.2) is 24.3 Å². The molecule has 1 aromatic carbocycles. The maximum absolute atomic E-state index is 5.80. The standard InChI is InChI=1S/C11H14ClIO/c1-9(12)6-7-14-8-10-2-4-11(13)5-3-10/h2-5,9H,6-8H2,1H3. The van der Waals surface area contributed by atoms with E-state index in [1.165, 1.54) is 9.13 Å². The number of rotatable bonds is 5. The maximum Gasteiger partial charge on any atom is 0.0716 e. The lowest BCUT2D eigenvalue weighted by atomic mass is 10.2. The lowest BCUT2D eigenvalue weighted by Gasteiger charge is -2.05. The third-order valence-electron chi connectivity index (χ3n) is 1.84. The summed E-state index contributed by atoms with van der Waals surface area (Å²) in [6.45, 7) is 3.40. The maximum atomic E-state index is 5.80. The zero-order chi connectivity index (χ0) is 10.4. The summed E-state index contributed by atoms with van der Waals surface area (Å²) in [4.78, 5) is 0. The first-order chi connectivity index (χ1) is 6.68. The highest BCUT2D eigenvalue weighted by atomic mass is 127. The predicted molar refractivity (Wildman–Crippen MR) is 68.7 cm³/mol. The van der Waals surface area contributed by atoms with Crippen molar-refractivity contribution in [3.05, 3.63) is 33.4 Å². The van der Waals surface area contributed by atoms with Gasteiger partial charge in [0.15, 0.2) is 0 Å². The molecule has 0 aliphatic carbocycles. The van der Waals surface area contributed by atoms with E-state index in [9.17, 15) is 0 Å². The van der Waals surface area contributed by atoms with E-state index in [1.807, 2.05) is 6.92 Å². The molecule has 1 atom stereocenters. The second kappa shape index (κ2) is 6.64. The van der Waals surface area contributed by atoms with Crippen molar-refractivity contribution in [2.24, 2.45) is 0 Å². The van der Waals surface area contributed by atoms with Gasteiger partial charge in [0.2, 0.25) is 0 Å². The van der Waals surface area contributed by atoms with Crippen LogP contribution in [0.2, 0.25) is 0 Å². The molecule has 0 aromatic heterocycles. The molecule has 0 aliphatic rings. The van der Waals surface area contributed by atoms with Crippen molar-refractivity contribution in [3.8, 4) is 0 Å². The molecule has 0 heterocycles. The number of hydrogen-bond donors (Lipinski definition) is 0. The molecule has 0 saturated carbocycles. The number of benzene rings is 1. The number of alkyl halides is 1. The molecule has 1 aromatic rings. The molecule has 14 heavy (non-hydrogen) atoms. The summed E-state index contributed by atoms with van der Waals surface area (Å²) in [5, 5.41) is 0.201. The van der Waals surface area contributed by atoms with Gasteiger partial charge in [0, 0.05) is 15.6 Å². The molecule has 78 valence electrons. The van der Waals surface area contributed by atoms with Crippen LogP contribution in [0.4, 0.5) is 0 Å². The van der Waals surface area contributed by atoms with Gasteiger partial charge in [-0.15, -0.1) is 11.6 Å². The highest BCUT2D eigenvalue weighted by Gasteiger charge is 1.97. The SMILES string of the molecule is CC(Cl)CCOCc1ccc(I)cc1. The van der Waals surface area contributed by atoms with Gasteiger partial charge in [0.05, 0.1) is 6.61 Å². The fourth-order valence-corrected chi connectivity index (χ4v) is 1.47. The molecule has 0 amide bonds. The third kappa shape index (κ3) is 5.17. The van der Waals surface area contributed by atoms with Crippen LogP contribution in [0.1, 0.15) is 18.9 Å². The molecule has 1 nitrogen and oxygen atoms in total. The van der Waals surface area contributed by atoms with E-state index in [4.69, 9.17) is 16.3 Å². The fraction of sp³-hybridized carbons (Fsp3) is 0.455. The van der Waals surface area contributed by atoms with Crippen LogP contribution >= 0.6 is 34.2 Å². The second-order valence-electron chi connectivity index (χ2n) is 3.25. The van der Waals surface area contributed by atoms with E-state index in [0.29, 0.717) is 6.61 Å². The van der Waals surface area contributed by atoms with Crippen LogP contribution < -0.4 is 0 Å². The van der Waals surface area contributed by atoms with Gasteiger partial charge in [-0.2, -0.15) is 0 Å². The van der Waals surface area contributed by atoms with E-state index in [2.05, 4.69) is 46.9 Å². The predicted octanol–water partition coefficient (Wildman–Crippen LogP) is 3.83. The third-order valence-corrected chi connectivity index (χ3v) is 2.78. The van der Waals surface area contributed by atoms with Crippen LogP contribution in [0.5, 0.6) is 0 Å². The van der Waals surface area contributed by atoms with Crippen molar-refractivity contribution >= 4 is 34.2 Å². The van der Waals surface area contributed by atoms with Gasteiger partial charge in [-0.05, 0) is 53.6 Å². The number of halogens is 2. The quantitative estimate of drug-likeness (QED) is 0.454. The minimum absolute atomic E-state index is 0.201. The smallest absolute Gasteiger partial charge is 0.0716 e. The van der Waals surface area contributed by atoms with Crippen molar-refractivity contribution in [2.75, 3.05) is 6.61 Å². The first-order valence-electron chi connectivity index (χ1n) is 4.65. The van der Waals surface area contributed by atoms with Crippen molar-refractivity contribution in [1.29, 1.82) is 0 Å². The van der Waals surface area contributed by atoms with Crippen LogP contribution in [-0.2, 0) is 11.3 Å². The van der Waals surface area contributed by atoms with Crippen LogP contribution in [-0.4, -0.2) is 12.0 Å². The highest BCUT2D eigenvalue weighted by Crippen LogP contribution is 2.08. The van der Waals surface area contributed by atoms with E-state index in [-0.39, 0.29) is 5.38 Å². The van der Waals surface area contributed by atoms with Gasteiger partial charge in [0.1, 0.15) is 0 Å². The normalized spacial score (nSPS) is 12.8. The fourth-order valence-electron chi connectivity index (χ4n) is 1.02. The lowest BCUT2D eigenvalue weighted by molar-refractivity contribution is 0.118. The largest absolute Gasteiger partial charge is 0.377 e. The molecule has 1 unspecified atom stereocenters. The Hall–Kier alpha value is 0.200. The summed E-state index contributed by atoms with van der Waals surface area (Å²) >= 11 is 8.09. The Morgan fingerprint density at radius 3 is 2.57 bits per heavy atom. The molecule has 0 radical (unpaired) electrons. The number of hydrogen-bond acceptors (Lipinski definition) is 1. The van der Waals surface area contributed by atoms with Crippen molar-refractivity contribution in [2.45, 2.75) is 25.3 Å². The van der Waals surface area contributed by atoms with Crippen molar-refractivity contribution in [1.82, 2.24) is 0 Å². The zero-order valence-corrected chi connectivity index (χ0v) is 11.1. The highest BCUT2D eigenvalue weighted by molar-refractivity contribution is 14.1. The minimum Gasteiger partial charge on any atom is -0.377 e. The molecule has 0 bridgehead atoms. The molecule has 0 N–H and O–H groups in total. The van der Waals surface area contributed by atoms with Crippen molar-refractivity contribution < 1.29 is 4.74 Å². The summed E-state index contributed by atoms with van der Waals surface area (Å²) in [5.74, 6) is 0. The zero-order valence-electron chi connectivity index (χ0n) is 8.17. The molecular formula is C11H14ClIO. The first kappa shape index (κ1) is 12.3. The van der Waals surface area contributed by atoms with Gasteiger partial charge in [0.25, 0.3) is 0 Å². The summed E-state index contributed by atoms with van der Waals surface area (Å²) in [6.07, 6.45) is 0.909. The Bertz CT molecular complexity index is 258. The molecule has 0 aliphatic heterocycles. The summed E-state index contributed by atoms with van der Waals surface area (Å²) in [7, 11) is 0. The molecule has 0 fully saturated rings. The Balaban J connectivity index is 2.21. The Morgan fingerprint density at radius 1 is 1.36 bits per heavy atom. The summed E-state index contributed by atoms with van der Waals surface area (Å²) < 4.78 is 6.73. The van der Waals surface area contributed by atoms with E-state index >= 15 is 0 Å². The van der Waals surface area contributed by atoms with Gasteiger partial charge >= 0.3 is 0 Å². The Morgan fingerprint density at radius 2 is 2.00 bits per heavy atom. The van der Waals surface area contributed by atoms with Crippen molar-refractivity contribution in [3.63, 3.8) is 0 Å². The van der Waals surface area contributed by atoms with Crippen LogP contribution in [0.3, 0.4) is 0 Å². The number of ether oxygens (including phenoxy) is 1. The molecule has 0 spiro atoms. The molecule has 1 rings (SSSR count).